The van der Waals surface area contributed by atoms with Crippen molar-refractivity contribution < 1.29 is 17.9 Å². The minimum atomic E-state index is -4.14. The summed E-state index contributed by atoms with van der Waals surface area (Å²) < 4.78 is 40.9. The molecule has 3 N–H and O–H groups in total. The molecule has 1 saturated heterocycles. The Balaban J connectivity index is 1.67. The van der Waals surface area contributed by atoms with Gasteiger partial charge >= 0.3 is 0 Å². The Morgan fingerprint density at radius 1 is 0.912 bits per heavy atom. The van der Waals surface area contributed by atoms with E-state index in [2.05, 4.69) is 10.6 Å². The van der Waals surface area contributed by atoms with Crippen LogP contribution in [0.3, 0.4) is 0 Å². The van der Waals surface area contributed by atoms with Crippen LogP contribution >= 0.6 is 23.2 Å². The van der Waals surface area contributed by atoms with Crippen LogP contribution in [0.25, 0.3) is 0 Å². The van der Waals surface area contributed by atoms with Gasteiger partial charge < -0.3 is 20.6 Å². The molecule has 0 amide bonds. The van der Waals surface area contributed by atoms with E-state index in [1.807, 2.05) is 11.9 Å². The molecule has 1 aliphatic rings. The number of benzene rings is 2. The summed E-state index contributed by atoms with van der Waals surface area (Å²) in [7, 11) is -2.27. The molecule has 0 bridgehead atoms. The number of halogens is 3. The molecule has 0 radical (unpaired) electrons. The Kier molecular flexibility index (Phi) is 6.58. The summed E-state index contributed by atoms with van der Waals surface area (Å²) in [5.74, 6) is -1.27. The molecule has 1 aliphatic heterocycles. The molecule has 0 unspecified atom stereocenters. The number of phenolic OH excluding ortho intramolecular Hbond substituents is 1. The molecular weight excluding hydrogens is 510 g/mol. The van der Waals surface area contributed by atoms with Gasteiger partial charge in [-0.05, 0) is 37.4 Å². The van der Waals surface area contributed by atoms with Crippen molar-refractivity contribution >= 4 is 56.0 Å². The van der Waals surface area contributed by atoms with Crippen LogP contribution in [0.5, 0.6) is 5.75 Å². The fourth-order valence-corrected chi connectivity index (χ4v) is 5.77. The Bertz CT molecular complexity index is 1450. The number of rotatable bonds is 6. The fourth-order valence-electron chi connectivity index (χ4n) is 3.54. The highest BCUT2D eigenvalue weighted by Crippen LogP contribution is 2.40. The molecule has 34 heavy (non-hydrogen) atoms. The number of phenols is 1. The normalized spacial score (nSPS) is 15.5. The maximum absolute atomic E-state index is 13.3. The molecule has 4 rings (SSSR count). The summed E-state index contributed by atoms with van der Waals surface area (Å²) in [6.45, 7) is 1.47. The van der Waals surface area contributed by atoms with E-state index in [-0.39, 0.29) is 45.9 Å². The lowest BCUT2D eigenvalue weighted by Crippen LogP contribution is -2.47. The smallest absolute Gasteiger partial charge is 0.253 e. The van der Waals surface area contributed by atoms with E-state index < -0.39 is 37.3 Å². The van der Waals surface area contributed by atoms with Gasteiger partial charge in [-0.1, -0.05) is 23.2 Å². The minimum Gasteiger partial charge on any atom is -0.504 e. The Morgan fingerprint density at radius 2 is 1.47 bits per heavy atom. The molecule has 13 heteroatoms. The van der Waals surface area contributed by atoms with Crippen LogP contribution in [0.2, 0.25) is 10.0 Å². The third-order valence-electron chi connectivity index (χ3n) is 5.50. The van der Waals surface area contributed by atoms with Crippen LogP contribution in [0, 0.1) is 5.82 Å². The van der Waals surface area contributed by atoms with Gasteiger partial charge in [-0.3, -0.25) is 9.59 Å². The maximum Gasteiger partial charge on any atom is 0.253 e. The highest BCUT2D eigenvalue weighted by molar-refractivity contribution is 7.89. The molecule has 1 fully saturated rings. The predicted molar refractivity (Wildman–Crippen MR) is 129 cm³/mol. The number of likely N-dealkylation sites (N-methyl/N-ethyl adjacent to an activating group) is 1. The predicted octanol–water partition coefficient (Wildman–Crippen LogP) is 2.86. The first-order valence-electron chi connectivity index (χ1n) is 10.0. The zero-order valence-electron chi connectivity index (χ0n) is 17.7. The minimum absolute atomic E-state index is 0.0195. The average Bonchev–Trinajstić information content (AvgIpc) is 2.78. The Labute approximate surface area is 204 Å². The SMILES string of the molecule is CN1CCN(S(=O)(=O)c2c(Cl)ccc(Nc3c(Nc4ccc(F)cc4Cl)c(=O)c3=O)c2O)CC1. The summed E-state index contributed by atoms with van der Waals surface area (Å²) in [4.78, 5) is 25.8. The second kappa shape index (κ2) is 9.16. The lowest BCUT2D eigenvalue weighted by molar-refractivity contribution is 0.222. The molecule has 3 aromatic carbocycles. The van der Waals surface area contributed by atoms with Crippen LogP contribution in [0.15, 0.2) is 44.8 Å². The van der Waals surface area contributed by atoms with Gasteiger partial charge in [0.2, 0.25) is 10.0 Å². The number of hydrogen-bond acceptors (Lipinski definition) is 8. The van der Waals surface area contributed by atoms with E-state index >= 15 is 0 Å². The molecule has 0 spiro atoms. The summed E-state index contributed by atoms with van der Waals surface area (Å²) in [6.07, 6.45) is 0. The van der Waals surface area contributed by atoms with Gasteiger partial charge in [-0.25, -0.2) is 12.8 Å². The van der Waals surface area contributed by atoms with Gasteiger partial charge in [-0.15, -0.1) is 0 Å². The number of piperazine rings is 1. The van der Waals surface area contributed by atoms with Crippen LogP contribution in [0.4, 0.5) is 27.1 Å². The quantitative estimate of drug-likeness (QED) is 0.330. The van der Waals surface area contributed by atoms with E-state index in [4.69, 9.17) is 23.2 Å². The molecule has 0 atom stereocenters. The van der Waals surface area contributed by atoms with Gasteiger partial charge in [0.05, 0.1) is 21.4 Å². The van der Waals surface area contributed by atoms with E-state index in [1.54, 1.807) is 0 Å². The van der Waals surface area contributed by atoms with Crippen molar-refractivity contribution in [3.63, 3.8) is 0 Å². The van der Waals surface area contributed by atoms with Crippen LogP contribution < -0.4 is 21.5 Å². The summed E-state index contributed by atoms with van der Waals surface area (Å²) >= 11 is 12.1. The van der Waals surface area contributed by atoms with Crippen molar-refractivity contribution in [2.45, 2.75) is 4.90 Å². The molecule has 9 nitrogen and oxygen atoms in total. The first kappa shape index (κ1) is 24.4. The summed E-state index contributed by atoms with van der Waals surface area (Å²) in [5, 5.41) is 15.9. The van der Waals surface area contributed by atoms with Crippen molar-refractivity contribution in [3.05, 3.63) is 66.6 Å². The Morgan fingerprint density at radius 3 is 2.06 bits per heavy atom. The second-order valence-corrected chi connectivity index (χ2v) is 10.5. The highest BCUT2D eigenvalue weighted by Gasteiger charge is 2.33. The standard InChI is InChI=1S/C21H19Cl2FN4O5S/c1-27-6-8-28(9-7-27)34(32,33)21-12(22)3-5-15(18(21)29)26-17-16(19(30)20(17)31)25-14-4-2-11(24)10-13(14)23/h2-5,10,25-26,29H,6-9H2,1H3. The molecular formula is C21H19Cl2FN4O5S. The third-order valence-corrected chi connectivity index (χ3v) is 8.22. The second-order valence-electron chi connectivity index (χ2n) is 7.76. The van der Waals surface area contributed by atoms with Crippen molar-refractivity contribution in [2.24, 2.45) is 0 Å². The van der Waals surface area contributed by atoms with Gasteiger partial charge in [0.1, 0.15) is 22.1 Å². The average molecular weight is 529 g/mol. The molecule has 1 heterocycles. The van der Waals surface area contributed by atoms with Crippen molar-refractivity contribution in [3.8, 4) is 5.75 Å². The number of sulfonamides is 1. The van der Waals surface area contributed by atoms with Crippen molar-refractivity contribution in [1.29, 1.82) is 0 Å². The molecule has 0 aromatic heterocycles. The van der Waals surface area contributed by atoms with Crippen LogP contribution in [-0.4, -0.2) is 56.0 Å². The maximum atomic E-state index is 13.3. The zero-order valence-corrected chi connectivity index (χ0v) is 20.1. The van der Waals surface area contributed by atoms with Crippen molar-refractivity contribution in [2.75, 3.05) is 43.9 Å². The third kappa shape index (κ3) is 4.37. The molecule has 0 aliphatic carbocycles. The molecule has 180 valence electrons. The largest absolute Gasteiger partial charge is 0.504 e. The number of nitrogens with zero attached hydrogens (tertiary/aromatic N) is 2. The lowest BCUT2D eigenvalue weighted by atomic mass is 10.1. The summed E-state index contributed by atoms with van der Waals surface area (Å²) in [6, 6.07) is 5.99. The topological polar surface area (TPSA) is 119 Å². The van der Waals surface area contributed by atoms with Crippen molar-refractivity contribution in [1.82, 2.24) is 9.21 Å². The van der Waals surface area contributed by atoms with Gasteiger partial charge in [0.25, 0.3) is 10.9 Å². The molecule has 0 saturated carbocycles. The summed E-state index contributed by atoms with van der Waals surface area (Å²) in [5.41, 5.74) is -2.10. The lowest BCUT2D eigenvalue weighted by Gasteiger charge is -2.32. The number of hydrogen-bond donors (Lipinski definition) is 3. The number of aromatic hydroxyl groups is 1. The van der Waals surface area contributed by atoms with Gasteiger partial charge in [0.15, 0.2) is 5.75 Å². The van der Waals surface area contributed by atoms with Crippen LogP contribution in [-0.2, 0) is 10.0 Å². The highest BCUT2D eigenvalue weighted by atomic mass is 35.5. The van der Waals surface area contributed by atoms with E-state index in [1.165, 1.54) is 22.5 Å². The monoisotopic (exact) mass is 528 g/mol. The Hall–Kier alpha value is -2.70. The zero-order chi connectivity index (χ0) is 24.8. The molecule has 3 aromatic rings. The number of anilines is 4. The van der Waals surface area contributed by atoms with Gasteiger partial charge in [-0.2, -0.15) is 4.31 Å². The first-order chi connectivity index (χ1) is 16.0. The van der Waals surface area contributed by atoms with E-state index in [0.29, 0.717) is 13.1 Å². The van der Waals surface area contributed by atoms with E-state index in [0.717, 1.165) is 12.1 Å². The number of nitrogens with one attached hydrogen (secondary N) is 2. The fraction of sp³-hybridized carbons (Fsp3) is 0.238. The van der Waals surface area contributed by atoms with E-state index in [9.17, 15) is 27.5 Å². The first-order valence-corrected chi connectivity index (χ1v) is 12.2. The van der Waals surface area contributed by atoms with Crippen LogP contribution in [0.1, 0.15) is 0 Å². The van der Waals surface area contributed by atoms with Gasteiger partial charge in [0, 0.05) is 26.2 Å².